The minimum atomic E-state index is 0.987. The smallest absolute Gasteiger partial charge is 0.0245 e. The lowest BCUT2D eigenvalue weighted by Crippen LogP contribution is -1.91. The minimum absolute atomic E-state index is 0.987. The molecule has 0 aromatic heterocycles. The molecule has 1 rings (SSSR count). The highest BCUT2D eigenvalue weighted by Crippen LogP contribution is 2.17. The summed E-state index contributed by atoms with van der Waals surface area (Å²) in [6.07, 6.45) is 8.55. The second-order valence-electron chi connectivity index (χ2n) is 2.91. The van der Waals surface area contributed by atoms with Gasteiger partial charge in [-0.25, -0.2) is 0 Å². The van der Waals surface area contributed by atoms with E-state index < -0.39 is 0 Å². The maximum Gasteiger partial charge on any atom is 0.0245 e. The molecule has 1 aromatic carbocycles. The molecular weight excluding hydrogens is 176 g/mol. The molecule has 68 valence electrons. The van der Waals surface area contributed by atoms with Gasteiger partial charge in [-0.1, -0.05) is 18.9 Å². The molecule has 0 heterocycles. The molecule has 0 fully saturated rings. The third-order valence-electron chi connectivity index (χ3n) is 2.05. The fourth-order valence-corrected chi connectivity index (χ4v) is 1.93. The zero-order chi connectivity index (χ0) is 9.68. The van der Waals surface area contributed by atoms with E-state index in [9.17, 15) is 0 Å². The van der Waals surface area contributed by atoms with E-state index >= 15 is 0 Å². The van der Waals surface area contributed by atoms with Gasteiger partial charge in [-0.3, -0.25) is 0 Å². The van der Waals surface area contributed by atoms with E-state index in [2.05, 4.69) is 31.2 Å². The van der Waals surface area contributed by atoms with Gasteiger partial charge >= 0.3 is 0 Å². The Kier molecular flexibility index (Phi) is 3.92. The van der Waals surface area contributed by atoms with Crippen molar-refractivity contribution in [2.24, 2.45) is 0 Å². The number of hydrogen-bond acceptors (Lipinski definition) is 1. The van der Waals surface area contributed by atoms with Crippen LogP contribution in [0.25, 0.3) is 0 Å². The van der Waals surface area contributed by atoms with Crippen molar-refractivity contribution < 1.29 is 0 Å². The summed E-state index contributed by atoms with van der Waals surface area (Å²) in [6, 6.07) is 6.28. The third-order valence-corrected chi connectivity index (χ3v) is 2.65. The van der Waals surface area contributed by atoms with Crippen molar-refractivity contribution in [2.75, 3.05) is 6.26 Å². The fourth-order valence-electron chi connectivity index (χ4n) is 1.35. The van der Waals surface area contributed by atoms with Crippen molar-refractivity contribution in [3.8, 4) is 12.3 Å². The van der Waals surface area contributed by atoms with E-state index in [1.807, 2.05) is 17.8 Å². The van der Waals surface area contributed by atoms with E-state index in [0.717, 1.165) is 17.7 Å². The van der Waals surface area contributed by atoms with Crippen molar-refractivity contribution in [1.29, 1.82) is 0 Å². The fraction of sp³-hybridized carbons (Fsp3) is 0.333. The highest BCUT2D eigenvalue weighted by molar-refractivity contribution is 7.97. The molecule has 1 aromatic rings. The molecule has 0 atom stereocenters. The molecule has 0 amide bonds. The maximum absolute atomic E-state index is 5.35. The van der Waals surface area contributed by atoms with Gasteiger partial charge in [0, 0.05) is 11.3 Å². The number of aryl methyl sites for hydroxylation is 1. The first-order valence-electron chi connectivity index (χ1n) is 4.39. The summed E-state index contributed by atoms with van der Waals surface area (Å²) in [5.41, 5.74) is 3.78. The van der Waals surface area contributed by atoms with Crippen LogP contribution in [0.5, 0.6) is 0 Å². The highest BCUT2D eigenvalue weighted by atomic mass is 32.2. The Hall–Kier alpha value is -0.870. The number of terminal acetylenes is 1. The third kappa shape index (κ3) is 2.54. The van der Waals surface area contributed by atoms with Crippen molar-refractivity contribution in [2.45, 2.75) is 19.1 Å². The van der Waals surface area contributed by atoms with Crippen LogP contribution in [0.15, 0.2) is 18.2 Å². The number of benzene rings is 1. The van der Waals surface area contributed by atoms with Crippen LogP contribution in [-0.2, 0) is 12.2 Å². The van der Waals surface area contributed by atoms with Gasteiger partial charge in [0.05, 0.1) is 0 Å². The first-order chi connectivity index (χ1) is 6.31. The molecule has 0 radical (unpaired) electrons. The average Bonchev–Trinajstić information content (AvgIpc) is 2.18. The monoisotopic (exact) mass is 190 g/mol. The summed E-state index contributed by atoms with van der Waals surface area (Å²) < 4.78 is 0. The lowest BCUT2D eigenvalue weighted by molar-refractivity contribution is 1.10. The van der Waals surface area contributed by atoms with Gasteiger partial charge in [-0.2, -0.15) is 11.8 Å². The Morgan fingerprint density at radius 3 is 2.69 bits per heavy atom. The Balaban J connectivity index is 3.04. The molecule has 0 saturated heterocycles. The predicted molar refractivity (Wildman–Crippen MR) is 61.0 cm³/mol. The molecular formula is C12H14S. The van der Waals surface area contributed by atoms with Gasteiger partial charge in [-0.15, -0.1) is 6.42 Å². The lowest BCUT2D eigenvalue weighted by Gasteiger charge is -2.06. The molecule has 0 N–H and O–H groups in total. The molecule has 0 aliphatic carbocycles. The zero-order valence-electron chi connectivity index (χ0n) is 8.13. The van der Waals surface area contributed by atoms with E-state index in [-0.39, 0.29) is 0 Å². The highest BCUT2D eigenvalue weighted by Gasteiger charge is 2.00. The van der Waals surface area contributed by atoms with E-state index in [4.69, 9.17) is 6.42 Å². The molecule has 0 aliphatic heterocycles. The summed E-state index contributed by atoms with van der Waals surface area (Å²) in [5.74, 6) is 3.72. The largest absolute Gasteiger partial charge is 0.161 e. The molecule has 0 nitrogen and oxygen atoms in total. The first kappa shape index (κ1) is 10.2. The van der Waals surface area contributed by atoms with Crippen LogP contribution in [0.2, 0.25) is 0 Å². The van der Waals surface area contributed by atoms with Crippen molar-refractivity contribution in [3.05, 3.63) is 34.9 Å². The summed E-state index contributed by atoms with van der Waals surface area (Å²) in [4.78, 5) is 0. The van der Waals surface area contributed by atoms with Gasteiger partial charge in [0.15, 0.2) is 0 Å². The quantitative estimate of drug-likeness (QED) is 0.660. The maximum atomic E-state index is 5.35. The van der Waals surface area contributed by atoms with Gasteiger partial charge < -0.3 is 0 Å². The average molecular weight is 190 g/mol. The number of thioether (sulfide) groups is 1. The van der Waals surface area contributed by atoms with Crippen LogP contribution >= 0.6 is 11.8 Å². The lowest BCUT2D eigenvalue weighted by atomic mass is 10.0. The van der Waals surface area contributed by atoms with Gasteiger partial charge in [0.1, 0.15) is 0 Å². The second kappa shape index (κ2) is 4.99. The number of hydrogen-bond donors (Lipinski definition) is 0. The SMILES string of the molecule is C#Cc1ccc(CC)c(CSC)c1. The van der Waals surface area contributed by atoms with Crippen LogP contribution in [0.3, 0.4) is 0 Å². The number of rotatable bonds is 3. The second-order valence-corrected chi connectivity index (χ2v) is 3.78. The molecule has 13 heavy (non-hydrogen) atoms. The molecule has 0 spiro atoms. The zero-order valence-corrected chi connectivity index (χ0v) is 8.95. The van der Waals surface area contributed by atoms with Crippen LogP contribution in [-0.4, -0.2) is 6.26 Å². The Labute approximate surface area is 84.7 Å². The Morgan fingerprint density at radius 2 is 2.15 bits per heavy atom. The van der Waals surface area contributed by atoms with Gasteiger partial charge in [0.2, 0.25) is 0 Å². The Morgan fingerprint density at radius 1 is 1.38 bits per heavy atom. The van der Waals surface area contributed by atoms with Crippen LogP contribution in [0.4, 0.5) is 0 Å². The van der Waals surface area contributed by atoms with Crippen molar-refractivity contribution >= 4 is 11.8 Å². The summed E-state index contributed by atoms with van der Waals surface area (Å²) in [6.45, 7) is 2.18. The van der Waals surface area contributed by atoms with Crippen molar-refractivity contribution in [3.63, 3.8) is 0 Å². The van der Waals surface area contributed by atoms with E-state index in [0.29, 0.717) is 0 Å². The molecule has 0 aliphatic rings. The first-order valence-corrected chi connectivity index (χ1v) is 5.78. The topological polar surface area (TPSA) is 0 Å². The van der Waals surface area contributed by atoms with Gasteiger partial charge in [0.25, 0.3) is 0 Å². The minimum Gasteiger partial charge on any atom is -0.161 e. The van der Waals surface area contributed by atoms with Gasteiger partial charge in [-0.05, 0) is 35.9 Å². The molecule has 0 bridgehead atoms. The Bertz CT molecular complexity index is 320. The van der Waals surface area contributed by atoms with Crippen LogP contribution in [0, 0.1) is 12.3 Å². The van der Waals surface area contributed by atoms with Crippen molar-refractivity contribution in [1.82, 2.24) is 0 Å². The summed E-state index contributed by atoms with van der Waals surface area (Å²) in [7, 11) is 0. The molecule has 0 saturated carbocycles. The predicted octanol–water partition coefficient (Wildman–Crippen LogP) is 3.09. The molecule has 1 heteroatoms. The van der Waals surface area contributed by atoms with Crippen LogP contribution in [0.1, 0.15) is 23.6 Å². The molecule has 0 unspecified atom stereocenters. The van der Waals surface area contributed by atoms with E-state index in [1.54, 1.807) is 0 Å². The summed E-state index contributed by atoms with van der Waals surface area (Å²) in [5, 5.41) is 0. The normalized spacial score (nSPS) is 9.62. The van der Waals surface area contributed by atoms with Crippen LogP contribution < -0.4 is 0 Å². The standard InChI is InChI=1S/C12H14S/c1-4-10-6-7-11(5-2)12(8-10)9-13-3/h1,6-8H,5,9H2,2-3H3. The van der Waals surface area contributed by atoms with E-state index in [1.165, 1.54) is 11.1 Å². The summed E-state index contributed by atoms with van der Waals surface area (Å²) >= 11 is 1.83.